The molecule has 1 atom stereocenters. The average Bonchev–Trinajstić information content (AvgIpc) is 2.82. The first kappa shape index (κ1) is 15.8. The van der Waals surface area contributed by atoms with Gasteiger partial charge in [0.05, 0.1) is 5.92 Å². The van der Waals surface area contributed by atoms with Crippen molar-refractivity contribution < 1.29 is 14.4 Å². The van der Waals surface area contributed by atoms with Gasteiger partial charge in [-0.1, -0.05) is 0 Å². The number of amides is 3. The van der Waals surface area contributed by atoms with E-state index >= 15 is 0 Å². The molecule has 0 aromatic rings. The summed E-state index contributed by atoms with van der Waals surface area (Å²) in [6.07, 6.45) is 2.39. The van der Waals surface area contributed by atoms with E-state index in [1.807, 2.05) is 0 Å². The minimum atomic E-state index is -0.467. The summed E-state index contributed by atoms with van der Waals surface area (Å²) < 4.78 is 0. The molecule has 0 aliphatic carbocycles. The molecule has 2 rings (SSSR count). The molecule has 3 amide bonds. The number of nitrogens with one attached hydrogen (secondary N) is 2. The van der Waals surface area contributed by atoms with Crippen molar-refractivity contribution in [1.82, 2.24) is 20.4 Å². The van der Waals surface area contributed by atoms with E-state index < -0.39 is 11.8 Å². The number of nitrogens with zero attached hydrogens (tertiary/aromatic N) is 2. The second-order valence-electron chi connectivity index (χ2n) is 5.60. The molecular weight excluding hydrogens is 272 g/mol. The molecule has 0 bridgehead atoms. The van der Waals surface area contributed by atoms with Gasteiger partial charge in [-0.05, 0) is 25.8 Å². The van der Waals surface area contributed by atoms with E-state index in [2.05, 4.69) is 10.6 Å². The zero-order valence-electron chi connectivity index (χ0n) is 12.6. The van der Waals surface area contributed by atoms with Gasteiger partial charge in [0.25, 0.3) is 0 Å². The Labute approximate surface area is 125 Å². The largest absolute Gasteiger partial charge is 0.359 e. The topological polar surface area (TPSA) is 81.8 Å². The van der Waals surface area contributed by atoms with Gasteiger partial charge in [0.1, 0.15) is 0 Å². The molecule has 2 heterocycles. The van der Waals surface area contributed by atoms with Crippen LogP contribution in [0.5, 0.6) is 0 Å². The molecule has 0 spiro atoms. The van der Waals surface area contributed by atoms with Gasteiger partial charge >= 0.3 is 11.8 Å². The van der Waals surface area contributed by atoms with Gasteiger partial charge in [-0.3, -0.25) is 14.4 Å². The number of hydrogen-bond donors (Lipinski definition) is 2. The third-order valence-corrected chi connectivity index (χ3v) is 4.14. The molecule has 21 heavy (non-hydrogen) atoms. The van der Waals surface area contributed by atoms with E-state index in [9.17, 15) is 14.4 Å². The van der Waals surface area contributed by atoms with E-state index in [-0.39, 0.29) is 11.8 Å². The molecule has 1 unspecified atom stereocenters. The molecule has 2 aliphatic rings. The third kappa shape index (κ3) is 3.93. The van der Waals surface area contributed by atoms with Crippen LogP contribution in [-0.2, 0) is 14.4 Å². The van der Waals surface area contributed by atoms with E-state index in [1.165, 1.54) is 4.90 Å². The van der Waals surface area contributed by atoms with Crippen LogP contribution >= 0.6 is 0 Å². The van der Waals surface area contributed by atoms with Crippen molar-refractivity contribution in [2.45, 2.75) is 19.3 Å². The predicted octanol–water partition coefficient (Wildman–Crippen LogP) is -1.21. The average molecular weight is 296 g/mol. The van der Waals surface area contributed by atoms with Gasteiger partial charge in [-0.25, -0.2) is 0 Å². The van der Waals surface area contributed by atoms with Crippen molar-refractivity contribution in [3.05, 3.63) is 0 Å². The first-order valence-electron chi connectivity index (χ1n) is 7.64. The van der Waals surface area contributed by atoms with Gasteiger partial charge in [-0.2, -0.15) is 0 Å². The maximum atomic E-state index is 12.3. The Bertz CT molecular complexity index is 405. The number of piperidine rings is 1. The molecule has 2 fully saturated rings. The summed E-state index contributed by atoms with van der Waals surface area (Å²) in [7, 11) is 1.60. The van der Waals surface area contributed by atoms with Crippen molar-refractivity contribution in [2.24, 2.45) is 5.92 Å². The summed E-state index contributed by atoms with van der Waals surface area (Å²) in [5.41, 5.74) is 0. The predicted molar refractivity (Wildman–Crippen MR) is 77.4 cm³/mol. The summed E-state index contributed by atoms with van der Waals surface area (Å²) in [5, 5.41) is 5.82. The number of rotatable bonds is 1. The lowest BCUT2D eigenvalue weighted by Gasteiger charge is -2.32. The minimum absolute atomic E-state index is 0.0566. The van der Waals surface area contributed by atoms with Crippen LogP contribution in [-0.4, -0.2) is 73.8 Å². The molecular formula is C14H24N4O3. The second-order valence-corrected chi connectivity index (χ2v) is 5.60. The highest BCUT2D eigenvalue weighted by atomic mass is 16.2. The zero-order valence-corrected chi connectivity index (χ0v) is 12.6. The summed E-state index contributed by atoms with van der Waals surface area (Å²) in [6.45, 7) is 3.68. The molecule has 7 nitrogen and oxygen atoms in total. The smallest absolute Gasteiger partial charge is 0.312 e. The van der Waals surface area contributed by atoms with Crippen molar-refractivity contribution in [1.29, 1.82) is 0 Å². The Morgan fingerprint density at radius 2 is 1.71 bits per heavy atom. The third-order valence-electron chi connectivity index (χ3n) is 4.14. The maximum Gasteiger partial charge on any atom is 0.312 e. The molecule has 2 saturated heterocycles. The Hall–Kier alpha value is -1.63. The van der Waals surface area contributed by atoms with E-state index in [4.69, 9.17) is 0 Å². The second kappa shape index (κ2) is 7.40. The van der Waals surface area contributed by atoms with Crippen LogP contribution in [0.25, 0.3) is 0 Å². The molecule has 0 radical (unpaired) electrons. The lowest BCUT2D eigenvalue weighted by atomic mass is 9.97. The fraction of sp³-hybridized carbons (Fsp3) is 0.786. The van der Waals surface area contributed by atoms with Gasteiger partial charge in [-0.15, -0.1) is 0 Å². The highest BCUT2D eigenvalue weighted by molar-refractivity contribution is 6.35. The molecule has 0 aromatic carbocycles. The SMILES string of the molecule is CNC(=O)C1CCCN(C(=O)C(=O)N2CCCNCC2)C1. The van der Waals surface area contributed by atoms with Crippen molar-refractivity contribution in [3.8, 4) is 0 Å². The molecule has 2 aliphatic heterocycles. The summed E-state index contributed by atoms with van der Waals surface area (Å²) in [4.78, 5) is 39.5. The summed E-state index contributed by atoms with van der Waals surface area (Å²) >= 11 is 0. The molecule has 0 aromatic heterocycles. The summed E-state index contributed by atoms with van der Waals surface area (Å²) in [5.74, 6) is -1.16. The van der Waals surface area contributed by atoms with Crippen LogP contribution in [0.15, 0.2) is 0 Å². The van der Waals surface area contributed by atoms with Crippen LogP contribution in [0.4, 0.5) is 0 Å². The van der Waals surface area contributed by atoms with Gasteiger partial charge in [0, 0.05) is 39.8 Å². The Kier molecular flexibility index (Phi) is 5.55. The standard InChI is InChI=1S/C14H24N4O3/c1-15-12(19)11-4-2-7-18(10-11)14(21)13(20)17-8-3-5-16-6-9-17/h11,16H,2-10H2,1H3,(H,15,19). The monoisotopic (exact) mass is 296 g/mol. The zero-order chi connectivity index (χ0) is 15.2. The van der Waals surface area contributed by atoms with Gasteiger partial charge < -0.3 is 20.4 Å². The van der Waals surface area contributed by atoms with E-state index in [0.717, 1.165) is 32.4 Å². The Morgan fingerprint density at radius 3 is 2.48 bits per heavy atom. The maximum absolute atomic E-state index is 12.3. The lowest BCUT2D eigenvalue weighted by Crippen LogP contribution is -2.51. The number of carbonyl (C=O) groups is 3. The quantitative estimate of drug-likeness (QED) is 0.595. The highest BCUT2D eigenvalue weighted by Gasteiger charge is 2.32. The van der Waals surface area contributed by atoms with Crippen LogP contribution in [0.2, 0.25) is 0 Å². The van der Waals surface area contributed by atoms with Crippen molar-refractivity contribution >= 4 is 17.7 Å². The normalized spacial score (nSPS) is 23.4. The molecule has 0 saturated carbocycles. The molecule has 7 heteroatoms. The Balaban J connectivity index is 1.94. The van der Waals surface area contributed by atoms with Crippen molar-refractivity contribution in [3.63, 3.8) is 0 Å². The number of hydrogen-bond acceptors (Lipinski definition) is 4. The number of carbonyl (C=O) groups excluding carboxylic acids is 3. The lowest BCUT2D eigenvalue weighted by molar-refractivity contribution is -0.153. The Morgan fingerprint density at radius 1 is 1.00 bits per heavy atom. The molecule has 2 N–H and O–H groups in total. The molecule has 118 valence electrons. The van der Waals surface area contributed by atoms with E-state index in [0.29, 0.717) is 26.2 Å². The van der Waals surface area contributed by atoms with Crippen LogP contribution in [0.1, 0.15) is 19.3 Å². The van der Waals surface area contributed by atoms with Gasteiger partial charge in [0.2, 0.25) is 5.91 Å². The fourth-order valence-corrected chi connectivity index (χ4v) is 2.90. The van der Waals surface area contributed by atoms with Crippen LogP contribution in [0, 0.1) is 5.92 Å². The first-order chi connectivity index (χ1) is 10.1. The summed E-state index contributed by atoms with van der Waals surface area (Å²) in [6, 6.07) is 0. The van der Waals surface area contributed by atoms with Crippen molar-refractivity contribution in [2.75, 3.05) is 46.3 Å². The van der Waals surface area contributed by atoms with Crippen LogP contribution < -0.4 is 10.6 Å². The number of likely N-dealkylation sites (tertiary alicyclic amines) is 1. The fourth-order valence-electron chi connectivity index (χ4n) is 2.90. The van der Waals surface area contributed by atoms with Crippen LogP contribution in [0.3, 0.4) is 0 Å². The minimum Gasteiger partial charge on any atom is -0.359 e. The highest BCUT2D eigenvalue weighted by Crippen LogP contribution is 2.17. The first-order valence-corrected chi connectivity index (χ1v) is 7.64. The van der Waals surface area contributed by atoms with E-state index in [1.54, 1.807) is 11.9 Å². The van der Waals surface area contributed by atoms with Gasteiger partial charge in [0.15, 0.2) is 0 Å².